The molecule has 0 atom stereocenters. The molecule has 0 fully saturated rings. The molecule has 0 spiro atoms. The highest BCUT2D eigenvalue weighted by atomic mass is 32.2. The van der Waals surface area contributed by atoms with Crippen LogP contribution in [0.25, 0.3) is 10.7 Å². The van der Waals surface area contributed by atoms with Crippen molar-refractivity contribution in [3.8, 4) is 10.7 Å². The molecule has 0 aliphatic carbocycles. The maximum absolute atomic E-state index is 13.0. The minimum Gasteiger partial charge on any atom is -0.339 e. The van der Waals surface area contributed by atoms with Gasteiger partial charge < -0.3 is 4.52 Å². The number of aryl methyl sites for hydroxylation is 3. The first kappa shape index (κ1) is 17.6. The molecule has 0 N–H and O–H groups in total. The largest absolute Gasteiger partial charge is 0.339 e. The van der Waals surface area contributed by atoms with E-state index in [1.807, 2.05) is 26.0 Å². The second kappa shape index (κ2) is 6.61. The van der Waals surface area contributed by atoms with Crippen LogP contribution in [0.2, 0.25) is 0 Å². The lowest BCUT2D eigenvalue weighted by atomic mass is 10.2. The number of hydrogen-bond donors (Lipinski definition) is 0. The molecule has 0 saturated heterocycles. The highest BCUT2D eigenvalue weighted by molar-refractivity contribution is 7.93. The SMILES string of the molecule is CCc1nc(-c2cc(S(=O)(=O)N(C)c3ccc(C)cc3)c(C)s2)no1. The van der Waals surface area contributed by atoms with Gasteiger partial charge in [-0.3, -0.25) is 4.31 Å². The number of sulfonamides is 1. The number of aromatic nitrogens is 2. The summed E-state index contributed by atoms with van der Waals surface area (Å²) in [4.78, 5) is 5.90. The molecule has 0 aliphatic heterocycles. The number of nitrogens with zero attached hydrogens (tertiary/aromatic N) is 3. The van der Waals surface area contributed by atoms with Gasteiger partial charge in [0.2, 0.25) is 11.7 Å². The summed E-state index contributed by atoms with van der Waals surface area (Å²) in [5.41, 5.74) is 1.69. The third kappa shape index (κ3) is 3.32. The van der Waals surface area contributed by atoms with Crippen molar-refractivity contribution in [2.75, 3.05) is 11.4 Å². The smallest absolute Gasteiger partial charge is 0.265 e. The molecule has 25 heavy (non-hydrogen) atoms. The van der Waals surface area contributed by atoms with Crippen molar-refractivity contribution in [1.82, 2.24) is 10.1 Å². The molecular weight excluding hydrogens is 358 g/mol. The molecule has 6 nitrogen and oxygen atoms in total. The molecular formula is C17H19N3O3S2. The van der Waals surface area contributed by atoms with Gasteiger partial charge in [0, 0.05) is 18.3 Å². The van der Waals surface area contributed by atoms with Gasteiger partial charge in [-0.2, -0.15) is 4.98 Å². The van der Waals surface area contributed by atoms with Gasteiger partial charge in [0.05, 0.1) is 10.6 Å². The van der Waals surface area contributed by atoms with Crippen LogP contribution >= 0.6 is 11.3 Å². The Morgan fingerprint density at radius 3 is 2.48 bits per heavy atom. The first-order chi connectivity index (χ1) is 11.8. The monoisotopic (exact) mass is 377 g/mol. The van der Waals surface area contributed by atoms with Gasteiger partial charge >= 0.3 is 0 Å². The Kier molecular flexibility index (Phi) is 4.66. The number of benzene rings is 1. The van der Waals surface area contributed by atoms with E-state index >= 15 is 0 Å². The minimum absolute atomic E-state index is 0.262. The third-order valence-corrected chi connectivity index (χ3v) is 6.99. The Morgan fingerprint density at radius 2 is 1.88 bits per heavy atom. The maximum Gasteiger partial charge on any atom is 0.265 e. The van der Waals surface area contributed by atoms with Crippen LogP contribution in [0.3, 0.4) is 0 Å². The van der Waals surface area contributed by atoms with E-state index in [1.54, 1.807) is 32.2 Å². The predicted molar refractivity (Wildman–Crippen MR) is 98.5 cm³/mol. The zero-order chi connectivity index (χ0) is 18.2. The molecule has 132 valence electrons. The van der Waals surface area contributed by atoms with Crippen molar-refractivity contribution in [3.63, 3.8) is 0 Å². The standard InChI is InChI=1S/C17H19N3O3S2/c1-5-16-18-17(19-23-16)14-10-15(12(3)24-14)25(21,22)20(4)13-8-6-11(2)7-9-13/h6-10H,5H2,1-4H3. The highest BCUT2D eigenvalue weighted by Gasteiger charge is 2.26. The predicted octanol–water partition coefficient (Wildman–Crippen LogP) is 3.80. The Hall–Kier alpha value is -2.19. The molecule has 0 amide bonds. The first-order valence-corrected chi connectivity index (χ1v) is 10.1. The van der Waals surface area contributed by atoms with E-state index in [0.717, 1.165) is 5.56 Å². The van der Waals surface area contributed by atoms with E-state index in [1.165, 1.54) is 15.6 Å². The molecule has 2 heterocycles. The van der Waals surface area contributed by atoms with Gasteiger partial charge in [-0.1, -0.05) is 29.8 Å². The average Bonchev–Trinajstić information content (AvgIpc) is 3.21. The summed E-state index contributed by atoms with van der Waals surface area (Å²) in [6, 6.07) is 8.98. The highest BCUT2D eigenvalue weighted by Crippen LogP contribution is 2.34. The van der Waals surface area contributed by atoms with Crippen LogP contribution in [-0.2, 0) is 16.4 Å². The van der Waals surface area contributed by atoms with Gasteiger partial charge in [0.1, 0.15) is 4.90 Å². The number of thiophene rings is 1. The number of anilines is 1. The van der Waals surface area contributed by atoms with Crippen molar-refractivity contribution in [1.29, 1.82) is 0 Å². The molecule has 0 aliphatic rings. The molecule has 0 radical (unpaired) electrons. The molecule has 3 rings (SSSR count). The second-order valence-corrected chi connectivity index (χ2v) is 8.90. The zero-order valence-electron chi connectivity index (χ0n) is 14.5. The third-order valence-electron chi connectivity index (χ3n) is 3.90. The Morgan fingerprint density at radius 1 is 1.20 bits per heavy atom. The summed E-state index contributed by atoms with van der Waals surface area (Å²) < 4.78 is 32.4. The van der Waals surface area contributed by atoms with Crippen LogP contribution in [0.15, 0.2) is 39.8 Å². The quantitative estimate of drug-likeness (QED) is 0.676. The Balaban J connectivity index is 1.98. The molecule has 0 bridgehead atoms. The van der Waals surface area contributed by atoms with Gasteiger partial charge in [-0.15, -0.1) is 11.3 Å². The van der Waals surface area contributed by atoms with Gasteiger partial charge in [-0.05, 0) is 32.0 Å². The van der Waals surface area contributed by atoms with E-state index < -0.39 is 10.0 Å². The lowest BCUT2D eigenvalue weighted by Gasteiger charge is -2.19. The summed E-state index contributed by atoms with van der Waals surface area (Å²) in [7, 11) is -2.11. The zero-order valence-corrected chi connectivity index (χ0v) is 16.1. The topological polar surface area (TPSA) is 76.3 Å². The van der Waals surface area contributed by atoms with Crippen molar-refractivity contribution in [2.24, 2.45) is 0 Å². The van der Waals surface area contributed by atoms with E-state index in [2.05, 4.69) is 10.1 Å². The fourth-order valence-corrected chi connectivity index (χ4v) is 5.05. The van der Waals surface area contributed by atoms with E-state index in [4.69, 9.17) is 4.52 Å². The average molecular weight is 377 g/mol. The minimum atomic E-state index is -3.66. The van der Waals surface area contributed by atoms with Crippen molar-refractivity contribution >= 4 is 27.0 Å². The summed E-state index contributed by atoms with van der Waals surface area (Å²) in [6.07, 6.45) is 0.638. The number of rotatable bonds is 5. The summed E-state index contributed by atoms with van der Waals surface area (Å²) in [5.74, 6) is 0.951. The second-order valence-electron chi connectivity index (χ2n) is 5.70. The van der Waals surface area contributed by atoms with Crippen LogP contribution in [0.4, 0.5) is 5.69 Å². The van der Waals surface area contributed by atoms with Crippen LogP contribution < -0.4 is 4.31 Å². The van der Waals surface area contributed by atoms with Crippen molar-refractivity contribution in [3.05, 3.63) is 46.7 Å². The van der Waals surface area contributed by atoms with Crippen molar-refractivity contribution in [2.45, 2.75) is 32.1 Å². The molecule has 2 aromatic heterocycles. The molecule has 8 heteroatoms. The maximum atomic E-state index is 13.0. The van der Waals surface area contributed by atoms with Gasteiger partial charge in [0.15, 0.2) is 0 Å². The molecule has 3 aromatic rings. The summed E-state index contributed by atoms with van der Waals surface area (Å²) in [6.45, 7) is 5.66. The van der Waals surface area contributed by atoms with Crippen LogP contribution in [0.5, 0.6) is 0 Å². The van der Waals surface area contributed by atoms with E-state index in [9.17, 15) is 8.42 Å². The number of hydrogen-bond acceptors (Lipinski definition) is 6. The Bertz CT molecular complexity index is 989. The van der Waals surface area contributed by atoms with E-state index in [0.29, 0.717) is 33.6 Å². The molecule has 0 unspecified atom stereocenters. The fraction of sp³-hybridized carbons (Fsp3) is 0.294. The van der Waals surface area contributed by atoms with Gasteiger partial charge in [-0.25, -0.2) is 8.42 Å². The van der Waals surface area contributed by atoms with Crippen molar-refractivity contribution < 1.29 is 12.9 Å². The summed E-state index contributed by atoms with van der Waals surface area (Å²) >= 11 is 1.34. The molecule has 1 aromatic carbocycles. The van der Waals surface area contributed by atoms with Crippen LogP contribution in [-0.4, -0.2) is 25.6 Å². The van der Waals surface area contributed by atoms with Crippen LogP contribution in [0.1, 0.15) is 23.3 Å². The summed E-state index contributed by atoms with van der Waals surface area (Å²) in [5, 5.41) is 3.92. The van der Waals surface area contributed by atoms with Gasteiger partial charge in [0.25, 0.3) is 10.0 Å². The van der Waals surface area contributed by atoms with Crippen LogP contribution in [0, 0.1) is 13.8 Å². The normalized spacial score (nSPS) is 11.7. The fourth-order valence-electron chi connectivity index (χ4n) is 2.37. The lowest BCUT2D eigenvalue weighted by Crippen LogP contribution is -2.26. The Labute approximate surface area is 151 Å². The molecule has 0 saturated carbocycles. The first-order valence-electron chi connectivity index (χ1n) is 7.82. The van der Waals surface area contributed by atoms with E-state index in [-0.39, 0.29) is 4.90 Å². The lowest BCUT2D eigenvalue weighted by molar-refractivity contribution is 0.383.